The zero-order valence-electron chi connectivity index (χ0n) is 16.2. The van der Waals surface area contributed by atoms with Gasteiger partial charge in [-0.05, 0) is 31.1 Å². The highest BCUT2D eigenvalue weighted by molar-refractivity contribution is 7.91. The number of hydrogen-bond donors (Lipinski definition) is 1. The van der Waals surface area contributed by atoms with Crippen LogP contribution in [-0.4, -0.2) is 57.0 Å². The lowest BCUT2D eigenvalue weighted by atomic mass is 10.1. The zero-order valence-corrected chi connectivity index (χ0v) is 17.0. The van der Waals surface area contributed by atoms with Crippen LogP contribution in [0, 0.1) is 0 Å². The van der Waals surface area contributed by atoms with Crippen LogP contribution in [0.25, 0.3) is 11.3 Å². The number of nitrogen functional groups attached to an aromatic ring is 1. The van der Waals surface area contributed by atoms with Gasteiger partial charge in [0.2, 0.25) is 11.9 Å². The lowest BCUT2D eigenvalue weighted by molar-refractivity contribution is -0.140. The summed E-state index contributed by atoms with van der Waals surface area (Å²) in [4.78, 5) is 17.8. The molecule has 1 atom stereocenters. The predicted molar refractivity (Wildman–Crippen MR) is 103 cm³/mol. The van der Waals surface area contributed by atoms with E-state index in [1.54, 1.807) is 13.8 Å². The number of hydrogen-bond acceptors (Lipinski definition) is 8. The maximum absolute atomic E-state index is 13.6. The normalized spacial score (nSPS) is 16.7. The molecule has 2 aromatic heterocycles. The molecule has 2 N–H and O–H groups in total. The van der Waals surface area contributed by atoms with Gasteiger partial charge in [0.1, 0.15) is 5.69 Å². The molecule has 3 heterocycles. The Balaban J connectivity index is 2.21. The number of alkyl halides is 3. The Kier molecular flexibility index (Phi) is 5.88. The van der Waals surface area contributed by atoms with Gasteiger partial charge in [0.05, 0.1) is 25.2 Å². The second-order valence-electron chi connectivity index (χ2n) is 6.99. The first kappa shape index (κ1) is 21.5. The topological polar surface area (TPSA) is 113 Å². The fraction of sp³-hybridized carbons (Fsp3) is 0.529. The minimum atomic E-state index is -4.75. The molecule has 2 aromatic rings. The van der Waals surface area contributed by atoms with Crippen LogP contribution in [0.15, 0.2) is 12.3 Å². The number of morpholine rings is 1. The third-order valence-corrected chi connectivity index (χ3v) is 6.34. The molecule has 1 saturated heterocycles. The molecule has 29 heavy (non-hydrogen) atoms. The van der Waals surface area contributed by atoms with Crippen LogP contribution in [0.2, 0.25) is 0 Å². The van der Waals surface area contributed by atoms with Gasteiger partial charge in [-0.3, -0.25) is 0 Å². The fourth-order valence-electron chi connectivity index (χ4n) is 2.73. The van der Waals surface area contributed by atoms with Gasteiger partial charge in [0.15, 0.2) is 10.4 Å². The molecule has 0 radical (unpaired) electrons. The van der Waals surface area contributed by atoms with E-state index in [-0.39, 0.29) is 17.2 Å². The maximum atomic E-state index is 13.6. The molecule has 3 rings (SSSR count). The maximum Gasteiger partial charge on any atom is 0.434 e. The summed E-state index contributed by atoms with van der Waals surface area (Å²) >= 11 is -1.34. The number of rotatable bonds is 4. The second-order valence-corrected chi connectivity index (χ2v) is 8.92. The Morgan fingerprint density at radius 1 is 1.17 bits per heavy atom. The first-order valence-corrected chi connectivity index (χ1v) is 10.3. The summed E-state index contributed by atoms with van der Waals surface area (Å²) in [5, 5.41) is 0. The van der Waals surface area contributed by atoms with Crippen molar-refractivity contribution in [3.8, 4) is 11.3 Å². The molecule has 0 amide bonds. The Bertz CT molecular complexity index is 888. The summed E-state index contributed by atoms with van der Waals surface area (Å²) < 4.78 is 57.4. The van der Waals surface area contributed by atoms with Crippen LogP contribution >= 0.6 is 0 Å². The van der Waals surface area contributed by atoms with E-state index in [4.69, 9.17) is 10.5 Å². The Morgan fingerprint density at radius 2 is 1.83 bits per heavy atom. The summed E-state index contributed by atoms with van der Waals surface area (Å²) in [5.74, 6) is -0.247. The molecule has 1 fully saturated rings. The molecule has 12 heteroatoms. The Labute approximate surface area is 168 Å². The van der Waals surface area contributed by atoms with Crippen molar-refractivity contribution in [1.82, 2.24) is 19.9 Å². The highest BCUT2D eigenvalue weighted by atomic mass is 32.2. The van der Waals surface area contributed by atoms with E-state index in [1.165, 1.54) is 12.3 Å². The largest absolute Gasteiger partial charge is 0.616 e. The first-order chi connectivity index (χ1) is 13.5. The molecular formula is C17H21F3N6O2S. The molecule has 0 bridgehead atoms. The molecule has 1 aliphatic heterocycles. The molecule has 8 nitrogen and oxygen atoms in total. The van der Waals surface area contributed by atoms with Crippen molar-refractivity contribution in [3.05, 3.63) is 23.7 Å². The minimum absolute atomic E-state index is 0.0117. The standard InChI is InChI=1S/C17H21F3N6O2S/c1-16(2,29(3)27)12-8-11(23-15(24-12)26-4-6-28-7-5-26)10-9-22-14(21)25-13(10)17(18,19)20/h8-9H,4-7H2,1-3H3,(H2,21,22,25). The van der Waals surface area contributed by atoms with Crippen LogP contribution in [0.1, 0.15) is 25.2 Å². The lowest BCUT2D eigenvalue weighted by Crippen LogP contribution is -2.38. The van der Waals surface area contributed by atoms with E-state index in [1.807, 2.05) is 4.90 Å². The molecule has 0 saturated carbocycles. The van der Waals surface area contributed by atoms with Crippen molar-refractivity contribution >= 4 is 23.1 Å². The van der Waals surface area contributed by atoms with Crippen LogP contribution in [0.4, 0.5) is 25.1 Å². The highest BCUT2D eigenvalue weighted by Gasteiger charge is 2.39. The van der Waals surface area contributed by atoms with Crippen molar-refractivity contribution in [3.63, 3.8) is 0 Å². The summed E-state index contributed by atoms with van der Waals surface area (Å²) in [7, 11) is 0. The predicted octanol–water partition coefficient (Wildman–Crippen LogP) is 1.98. The van der Waals surface area contributed by atoms with Gasteiger partial charge < -0.3 is 19.9 Å². The van der Waals surface area contributed by atoms with Crippen LogP contribution < -0.4 is 10.6 Å². The Morgan fingerprint density at radius 3 is 2.41 bits per heavy atom. The summed E-state index contributed by atoms with van der Waals surface area (Å²) in [6, 6.07) is 1.40. The molecular weight excluding hydrogens is 409 g/mol. The molecule has 158 valence electrons. The van der Waals surface area contributed by atoms with Crippen LogP contribution in [0.5, 0.6) is 0 Å². The molecule has 0 aliphatic carbocycles. The Hall–Kier alpha value is -2.18. The fourth-order valence-corrected chi connectivity index (χ4v) is 3.13. The van der Waals surface area contributed by atoms with Crippen LogP contribution in [-0.2, 0) is 26.8 Å². The molecule has 1 aliphatic rings. The lowest BCUT2D eigenvalue weighted by Gasteiger charge is -2.30. The van der Waals surface area contributed by atoms with Crippen molar-refractivity contribution in [1.29, 1.82) is 0 Å². The van der Waals surface area contributed by atoms with Gasteiger partial charge >= 0.3 is 6.18 Å². The zero-order chi connectivity index (χ0) is 21.4. The number of nitrogens with two attached hydrogens (primary N) is 1. The van der Waals surface area contributed by atoms with Gasteiger partial charge in [-0.25, -0.2) is 19.9 Å². The first-order valence-electron chi connectivity index (χ1n) is 8.76. The number of aromatic nitrogens is 4. The summed E-state index contributed by atoms with van der Waals surface area (Å²) in [6.45, 7) is 5.30. The van der Waals surface area contributed by atoms with Crippen molar-refractivity contribution in [2.24, 2.45) is 0 Å². The van der Waals surface area contributed by atoms with Gasteiger partial charge in [-0.15, -0.1) is 0 Å². The number of halogens is 3. The van der Waals surface area contributed by atoms with E-state index in [2.05, 4.69) is 19.9 Å². The molecule has 1 unspecified atom stereocenters. The van der Waals surface area contributed by atoms with E-state index >= 15 is 0 Å². The van der Waals surface area contributed by atoms with Crippen molar-refractivity contribution < 1.29 is 22.5 Å². The quantitative estimate of drug-likeness (QED) is 0.733. The van der Waals surface area contributed by atoms with Crippen molar-refractivity contribution in [2.45, 2.75) is 24.8 Å². The van der Waals surface area contributed by atoms with Gasteiger partial charge in [-0.1, -0.05) is 0 Å². The summed E-state index contributed by atoms with van der Waals surface area (Å²) in [6.07, 6.45) is -2.24. The second kappa shape index (κ2) is 7.92. The summed E-state index contributed by atoms with van der Waals surface area (Å²) in [5.41, 5.74) is 4.22. The SMILES string of the molecule is C[S+]([O-])C(C)(C)c1cc(-c2cnc(N)nc2C(F)(F)F)nc(N2CCOCC2)n1. The number of anilines is 2. The average molecular weight is 430 g/mol. The molecule has 0 aromatic carbocycles. The average Bonchev–Trinajstić information content (AvgIpc) is 2.67. The third-order valence-electron chi connectivity index (χ3n) is 4.70. The molecule has 0 spiro atoms. The van der Waals surface area contributed by atoms with E-state index < -0.39 is 33.7 Å². The monoisotopic (exact) mass is 430 g/mol. The van der Waals surface area contributed by atoms with E-state index in [0.717, 1.165) is 6.20 Å². The third kappa shape index (κ3) is 4.54. The minimum Gasteiger partial charge on any atom is -0.616 e. The van der Waals surface area contributed by atoms with Gasteiger partial charge in [0.25, 0.3) is 0 Å². The van der Waals surface area contributed by atoms with Gasteiger partial charge in [0, 0.05) is 24.8 Å². The van der Waals surface area contributed by atoms with Gasteiger partial charge in [-0.2, -0.15) is 13.2 Å². The number of ether oxygens (including phenoxy) is 1. The van der Waals surface area contributed by atoms with E-state index in [0.29, 0.717) is 32.0 Å². The smallest absolute Gasteiger partial charge is 0.434 e. The van der Waals surface area contributed by atoms with Crippen LogP contribution in [0.3, 0.4) is 0 Å². The highest BCUT2D eigenvalue weighted by Crippen LogP contribution is 2.37. The van der Waals surface area contributed by atoms with Crippen molar-refractivity contribution in [2.75, 3.05) is 43.2 Å². The van der Waals surface area contributed by atoms with E-state index in [9.17, 15) is 17.7 Å². The number of nitrogens with zero attached hydrogens (tertiary/aromatic N) is 5.